The third-order valence-electron chi connectivity index (χ3n) is 4.20. The molecule has 0 bridgehead atoms. The molecule has 0 radical (unpaired) electrons. The molecule has 0 spiro atoms. The Morgan fingerprint density at radius 1 is 1.14 bits per heavy atom. The van der Waals surface area contributed by atoms with Crippen molar-refractivity contribution in [1.29, 1.82) is 0 Å². The second-order valence-electron chi connectivity index (χ2n) is 6.07. The summed E-state index contributed by atoms with van der Waals surface area (Å²) in [4.78, 5) is 49.3. The van der Waals surface area contributed by atoms with Gasteiger partial charge in [-0.15, -0.1) is 0 Å². The number of hydrogen-bond acceptors (Lipinski definition) is 8. The number of benzene rings is 1. The van der Waals surface area contributed by atoms with E-state index in [1.807, 2.05) is 4.90 Å². The Balaban J connectivity index is 2.25. The Bertz CT molecular complexity index is 742. The number of anilines is 1. The van der Waals surface area contributed by atoms with Gasteiger partial charge < -0.3 is 19.7 Å². The largest absolute Gasteiger partial charge is 0.464 e. The van der Waals surface area contributed by atoms with Crippen molar-refractivity contribution in [3.05, 3.63) is 33.9 Å². The molecule has 1 N–H and O–H groups in total. The van der Waals surface area contributed by atoms with Crippen LogP contribution in [0, 0.1) is 10.1 Å². The van der Waals surface area contributed by atoms with E-state index >= 15 is 0 Å². The van der Waals surface area contributed by atoms with E-state index in [1.165, 1.54) is 12.1 Å². The van der Waals surface area contributed by atoms with Crippen LogP contribution >= 0.6 is 0 Å². The standard InChI is InChI=1S/C18H23N3O7/c1-3-27-17(23)15(18(24)28-4-2)19-16(22)12-7-8-13(14(11-12)21(25)26)20-9-5-6-10-20/h7-8,11,15H,3-6,9-10H2,1-2H3,(H,19,22). The highest BCUT2D eigenvalue weighted by molar-refractivity contribution is 6.06. The number of ether oxygens (including phenoxy) is 2. The summed E-state index contributed by atoms with van der Waals surface area (Å²) in [5, 5.41) is 13.7. The summed E-state index contributed by atoms with van der Waals surface area (Å²) in [5.74, 6) is -2.74. The Hall–Kier alpha value is -3.17. The summed E-state index contributed by atoms with van der Waals surface area (Å²) in [7, 11) is 0. The van der Waals surface area contributed by atoms with Gasteiger partial charge in [0.1, 0.15) is 5.69 Å². The molecule has 10 nitrogen and oxygen atoms in total. The van der Waals surface area contributed by atoms with Crippen molar-refractivity contribution in [2.24, 2.45) is 0 Å². The van der Waals surface area contributed by atoms with Crippen molar-refractivity contribution in [2.45, 2.75) is 32.7 Å². The van der Waals surface area contributed by atoms with Gasteiger partial charge in [-0.25, -0.2) is 9.59 Å². The fourth-order valence-electron chi connectivity index (χ4n) is 2.92. The molecule has 28 heavy (non-hydrogen) atoms. The maximum Gasteiger partial charge on any atom is 0.340 e. The molecule has 0 atom stereocenters. The topological polar surface area (TPSA) is 128 Å². The summed E-state index contributed by atoms with van der Waals surface area (Å²) in [6.07, 6.45) is 1.89. The Morgan fingerprint density at radius 3 is 2.21 bits per heavy atom. The molecule has 152 valence electrons. The third kappa shape index (κ3) is 4.96. The first-order chi connectivity index (χ1) is 13.4. The summed E-state index contributed by atoms with van der Waals surface area (Å²) < 4.78 is 9.57. The average Bonchev–Trinajstić information content (AvgIpc) is 3.20. The van der Waals surface area contributed by atoms with E-state index < -0.39 is 28.8 Å². The van der Waals surface area contributed by atoms with Gasteiger partial charge in [0, 0.05) is 24.7 Å². The lowest BCUT2D eigenvalue weighted by molar-refractivity contribution is -0.384. The predicted molar refractivity (Wildman–Crippen MR) is 99.1 cm³/mol. The highest BCUT2D eigenvalue weighted by Crippen LogP contribution is 2.31. The molecule has 10 heteroatoms. The molecule has 1 amide bonds. The highest BCUT2D eigenvalue weighted by Gasteiger charge is 2.32. The van der Waals surface area contributed by atoms with Crippen LogP contribution in [-0.4, -0.2) is 55.1 Å². The average molecular weight is 393 g/mol. The summed E-state index contributed by atoms with van der Waals surface area (Å²) in [6, 6.07) is 2.41. The smallest absolute Gasteiger partial charge is 0.340 e. The van der Waals surface area contributed by atoms with Crippen molar-refractivity contribution in [3.8, 4) is 0 Å². The number of hydrogen-bond donors (Lipinski definition) is 1. The highest BCUT2D eigenvalue weighted by atomic mass is 16.6. The molecule has 2 rings (SSSR count). The zero-order chi connectivity index (χ0) is 20.7. The van der Waals surface area contributed by atoms with Gasteiger partial charge in [-0.1, -0.05) is 0 Å². The predicted octanol–water partition coefficient (Wildman–Crippen LogP) is 1.42. The molecule has 1 aliphatic rings. The van der Waals surface area contributed by atoms with Crippen LogP contribution in [0.3, 0.4) is 0 Å². The van der Waals surface area contributed by atoms with Crippen LogP contribution in [0.4, 0.5) is 11.4 Å². The maximum absolute atomic E-state index is 12.5. The zero-order valence-electron chi connectivity index (χ0n) is 15.8. The molecule has 0 saturated carbocycles. The van der Waals surface area contributed by atoms with Crippen molar-refractivity contribution in [1.82, 2.24) is 5.32 Å². The second-order valence-corrected chi connectivity index (χ2v) is 6.07. The van der Waals surface area contributed by atoms with E-state index in [2.05, 4.69) is 5.32 Å². The van der Waals surface area contributed by atoms with Gasteiger partial charge in [-0.2, -0.15) is 0 Å². The summed E-state index contributed by atoms with van der Waals surface area (Å²) in [6.45, 7) is 4.56. The number of nitrogens with one attached hydrogen (secondary N) is 1. The van der Waals surface area contributed by atoms with Crippen LogP contribution in [0.2, 0.25) is 0 Å². The first-order valence-electron chi connectivity index (χ1n) is 9.06. The quantitative estimate of drug-likeness (QED) is 0.304. The summed E-state index contributed by atoms with van der Waals surface area (Å²) in [5.41, 5.74) is 0.179. The van der Waals surface area contributed by atoms with Crippen LogP contribution in [-0.2, 0) is 19.1 Å². The van der Waals surface area contributed by atoms with Gasteiger partial charge >= 0.3 is 11.9 Å². The van der Waals surface area contributed by atoms with Gasteiger partial charge in [0.05, 0.1) is 18.1 Å². The number of esters is 2. The van der Waals surface area contributed by atoms with Crippen molar-refractivity contribution in [2.75, 3.05) is 31.2 Å². The Kier molecular flexibility index (Phi) is 7.30. The number of rotatable bonds is 8. The molecule has 0 unspecified atom stereocenters. The minimum atomic E-state index is -1.65. The van der Waals surface area contributed by atoms with Crippen molar-refractivity contribution in [3.63, 3.8) is 0 Å². The first kappa shape index (κ1) is 21.1. The monoisotopic (exact) mass is 393 g/mol. The molecule has 1 heterocycles. The minimum Gasteiger partial charge on any atom is -0.464 e. The number of amides is 1. The fourth-order valence-corrected chi connectivity index (χ4v) is 2.92. The van der Waals surface area contributed by atoms with Crippen molar-refractivity contribution < 1.29 is 28.8 Å². The lowest BCUT2D eigenvalue weighted by Gasteiger charge is -2.18. The van der Waals surface area contributed by atoms with Gasteiger partial charge in [-0.3, -0.25) is 14.9 Å². The Morgan fingerprint density at radius 2 is 1.71 bits per heavy atom. The summed E-state index contributed by atoms with van der Waals surface area (Å²) >= 11 is 0. The van der Waals surface area contributed by atoms with Crippen LogP contribution < -0.4 is 10.2 Å². The first-order valence-corrected chi connectivity index (χ1v) is 9.06. The molecule has 1 aliphatic heterocycles. The number of carbonyl (C=O) groups excluding carboxylic acids is 3. The molecule has 1 saturated heterocycles. The van der Waals surface area contributed by atoms with Crippen LogP contribution in [0.15, 0.2) is 18.2 Å². The molecule has 0 aliphatic carbocycles. The van der Waals surface area contributed by atoms with E-state index in [0.717, 1.165) is 18.9 Å². The molecular formula is C18H23N3O7. The molecule has 1 aromatic rings. The lowest BCUT2D eigenvalue weighted by Crippen LogP contribution is -2.48. The van der Waals surface area contributed by atoms with Crippen LogP contribution in [0.1, 0.15) is 37.0 Å². The van der Waals surface area contributed by atoms with E-state index in [0.29, 0.717) is 18.8 Å². The third-order valence-corrected chi connectivity index (χ3v) is 4.20. The van der Waals surface area contributed by atoms with Gasteiger partial charge in [-0.05, 0) is 38.8 Å². The molecule has 1 aromatic carbocycles. The van der Waals surface area contributed by atoms with Gasteiger partial charge in [0.2, 0.25) is 6.04 Å². The van der Waals surface area contributed by atoms with E-state index in [4.69, 9.17) is 9.47 Å². The van der Waals surface area contributed by atoms with E-state index in [1.54, 1.807) is 13.8 Å². The normalized spacial score (nSPS) is 13.3. The second kappa shape index (κ2) is 9.67. The van der Waals surface area contributed by atoms with Crippen molar-refractivity contribution >= 4 is 29.2 Å². The van der Waals surface area contributed by atoms with Gasteiger partial charge in [0.25, 0.3) is 11.6 Å². The SMILES string of the molecule is CCOC(=O)C(NC(=O)c1ccc(N2CCCC2)c([N+](=O)[O-])c1)C(=O)OCC. The van der Waals surface area contributed by atoms with Gasteiger partial charge in [0.15, 0.2) is 0 Å². The molecule has 1 fully saturated rings. The zero-order valence-corrected chi connectivity index (χ0v) is 15.8. The maximum atomic E-state index is 12.5. The molecular weight excluding hydrogens is 370 g/mol. The Labute approximate surface area is 161 Å². The fraction of sp³-hybridized carbons (Fsp3) is 0.500. The minimum absolute atomic E-state index is 0.0145. The number of nitro groups is 1. The lowest BCUT2D eigenvalue weighted by atomic mass is 10.1. The van der Waals surface area contributed by atoms with Crippen LogP contribution in [0.25, 0.3) is 0 Å². The number of carbonyl (C=O) groups is 3. The molecule has 0 aromatic heterocycles. The number of nitro benzene ring substituents is 1. The number of nitrogens with zero attached hydrogens (tertiary/aromatic N) is 2. The van der Waals surface area contributed by atoms with E-state index in [9.17, 15) is 24.5 Å². The van der Waals surface area contributed by atoms with Crippen LogP contribution in [0.5, 0.6) is 0 Å². The van der Waals surface area contributed by atoms with E-state index in [-0.39, 0.29) is 24.5 Å².